The molecule has 0 fully saturated rings. The van der Waals surface area contributed by atoms with Crippen LogP contribution in [0.1, 0.15) is 11.3 Å². The molecule has 3 aromatic rings. The minimum Gasteiger partial charge on any atom is -0.207 e. The second kappa shape index (κ2) is 6.03. The maximum absolute atomic E-state index is 14.3. The number of hydrogen-bond donors (Lipinski definition) is 0. The monoisotopic (exact) mass is 332 g/mol. The summed E-state index contributed by atoms with van der Waals surface area (Å²) in [5.74, 6) is -4.61. The molecule has 0 bridgehead atoms. The van der Waals surface area contributed by atoms with E-state index in [1.807, 2.05) is 6.92 Å². The quantitative estimate of drug-likeness (QED) is 0.618. The Morgan fingerprint density at radius 1 is 0.708 bits per heavy atom. The molecule has 1 heterocycles. The SMILES string of the molecule is Cc1ccc(-c2c(C)nnc(F)c2-c2c(F)cc(F)cc2F)cc1. The summed E-state index contributed by atoms with van der Waals surface area (Å²) in [4.78, 5) is 0. The average molecular weight is 332 g/mol. The Morgan fingerprint density at radius 3 is 1.88 bits per heavy atom. The fourth-order valence-electron chi connectivity index (χ4n) is 2.59. The van der Waals surface area contributed by atoms with E-state index < -0.39 is 29.0 Å². The van der Waals surface area contributed by atoms with E-state index in [2.05, 4.69) is 10.2 Å². The van der Waals surface area contributed by atoms with Gasteiger partial charge in [0.1, 0.15) is 17.5 Å². The molecule has 0 spiro atoms. The highest BCUT2D eigenvalue weighted by Crippen LogP contribution is 2.38. The molecule has 0 atom stereocenters. The Labute approximate surface area is 135 Å². The summed E-state index contributed by atoms with van der Waals surface area (Å²) in [7, 11) is 0. The van der Waals surface area contributed by atoms with Crippen LogP contribution >= 0.6 is 0 Å². The van der Waals surface area contributed by atoms with Gasteiger partial charge in [0.25, 0.3) is 0 Å². The Morgan fingerprint density at radius 2 is 1.29 bits per heavy atom. The molecule has 0 amide bonds. The van der Waals surface area contributed by atoms with E-state index in [-0.39, 0.29) is 11.1 Å². The standard InChI is InChI=1S/C18H12F4N2/c1-9-3-5-11(6-4-9)15-10(2)23-24-18(22)17(15)16-13(20)7-12(19)8-14(16)21/h3-8H,1-2H3. The largest absolute Gasteiger partial charge is 0.241 e. The minimum atomic E-state index is -1.20. The number of aromatic nitrogens is 2. The molecule has 2 nitrogen and oxygen atoms in total. The molecule has 24 heavy (non-hydrogen) atoms. The molecule has 0 saturated carbocycles. The van der Waals surface area contributed by atoms with E-state index in [0.717, 1.165) is 5.56 Å². The molecule has 0 N–H and O–H groups in total. The lowest BCUT2D eigenvalue weighted by Crippen LogP contribution is -2.04. The molecule has 0 aliphatic carbocycles. The van der Waals surface area contributed by atoms with Gasteiger partial charge in [-0.2, -0.15) is 9.49 Å². The second-order valence-corrected chi connectivity index (χ2v) is 5.44. The Balaban J connectivity index is 2.37. The number of aryl methyl sites for hydroxylation is 2. The van der Waals surface area contributed by atoms with E-state index in [0.29, 0.717) is 23.4 Å². The summed E-state index contributed by atoms with van der Waals surface area (Å²) in [6, 6.07) is 7.98. The summed E-state index contributed by atoms with van der Waals surface area (Å²) in [6.07, 6.45) is 0. The Kier molecular flexibility index (Phi) is 4.05. The topological polar surface area (TPSA) is 25.8 Å². The van der Waals surface area contributed by atoms with Crippen molar-refractivity contribution in [3.63, 3.8) is 0 Å². The summed E-state index contributed by atoms with van der Waals surface area (Å²) >= 11 is 0. The number of benzene rings is 2. The van der Waals surface area contributed by atoms with Crippen LogP contribution in [0, 0.1) is 37.2 Å². The van der Waals surface area contributed by atoms with Crippen LogP contribution < -0.4 is 0 Å². The maximum atomic E-state index is 14.3. The van der Waals surface area contributed by atoms with Gasteiger partial charge in [-0.1, -0.05) is 29.8 Å². The van der Waals surface area contributed by atoms with Crippen LogP contribution in [0.2, 0.25) is 0 Å². The van der Waals surface area contributed by atoms with Crippen molar-refractivity contribution >= 4 is 0 Å². The molecule has 1 aromatic heterocycles. The molecule has 0 unspecified atom stereocenters. The number of rotatable bonds is 2. The van der Waals surface area contributed by atoms with Crippen molar-refractivity contribution in [2.45, 2.75) is 13.8 Å². The van der Waals surface area contributed by atoms with E-state index in [1.54, 1.807) is 31.2 Å². The first-order chi connectivity index (χ1) is 11.4. The molecule has 0 aliphatic heterocycles. The van der Waals surface area contributed by atoms with Crippen molar-refractivity contribution in [2.75, 3.05) is 0 Å². The van der Waals surface area contributed by atoms with Gasteiger partial charge in [-0.25, -0.2) is 13.2 Å². The van der Waals surface area contributed by atoms with Gasteiger partial charge in [0, 0.05) is 17.7 Å². The lowest BCUT2D eigenvalue weighted by atomic mass is 9.93. The fourth-order valence-corrected chi connectivity index (χ4v) is 2.59. The lowest BCUT2D eigenvalue weighted by molar-refractivity contribution is 0.537. The first kappa shape index (κ1) is 16.1. The lowest BCUT2D eigenvalue weighted by Gasteiger charge is -2.14. The third-order valence-corrected chi connectivity index (χ3v) is 3.70. The van der Waals surface area contributed by atoms with Crippen molar-refractivity contribution in [1.29, 1.82) is 0 Å². The first-order valence-corrected chi connectivity index (χ1v) is 7.13. The van der Waals surface area contributed by atoms with E-state index in [9.17, 15) is 17.6 Å². The van der Waals surface area contributed by atoms with Gasteiger partial charge in [-0.3, -0.25) is 0 Å². The summed E-state index contributed by atoms with van der Waals surface area (Å²) in [5.41, 5.74) is 0.985. The summed E-state index contributed by atoms with van der Waals surface area (Å²) < 4.78 is 55.9. The Hall–Kier alpha value is -2.76. The predicted molar refractivity (Wildman–Crippen MR) is 82.2 cm³/mol. The molecule has 3 rings (SSSR count). The third kappa shape index (κ3) is 2.75. The predicted octanol–water partition coefficient (Wildman–Crippen LogP) is 4.98. The first-order valence-electron chi connectivity index (χ1n) is 7.13. The van der Waals surface area contributed by atoms with Crippen molar-refractivity contribution in [1.82, 2.24) is 10.2 Å². The van der Waals surface area contributed by atoms with Crippen LogP contribution in [-0.2, 0) is 0 Å². The molecule has 0 aliphatic rings. The molecule has 122 valence electrons. The van der Waals surface area contributed by atoms with Crippen LogP contribution in [0.5, 0.6) is 0 Å². The molecule has 0 radical (unpaired) electrons. The maximum Gasteiger partial charge on any atom is 0.241 e. The van der Waals surface area contributed by atoms with Crippen molar-refractivity contribution in [3.8, 4) is 22.3 Å². The van der Waals surface area contributed by atoms with Gasteiger partial charge in [-0.15, -0.1) is 5.10 Å². The highest BCUT2D eigenvalue weighted by molar-refractivity contribution is 5.85. The highest BCUT2D eigenvalue weighted by Gasteiger charge is 2.24. The van der Waals surface area contributed by atoms with Gasteiger partial charge in [0.05, 0.1) is 16.8 Å². The minimum absolute atomic E-state index is 0.215. The van der Waals surface area contributed by atoms with Gasteiger partial charge in [0.15, 0.2) is 0 Å². The average Bonchev–Trinajstić information content (AvgIpc) is 2.51. The zero-order valence-electron chi connectivity index (χ0n) is 12.9. The van der Waals surface area contributed by atoms with Crippen molar-refractivity contribution in [2.24, 2.45) is 0 Å². The van der Waals surface area contributed by atoms with Crippen LogP contribution in [0.4, 0.5) is 17.6 Å². The zero-order valence-corrected chi connectivity index (χ0v) is 12.9. The van der Waals surface area contributed by atoms with Crippen molar-refractivity contribution in [3.05, 3.63) is 71.1 Å². The van der Waals surface area contributed by atoms with Crippen LogP contribution in [0.15, 0.2) is 36.4 Å². The van der Waals surface area contributed by atoms with Gasteiger partial charge >= 0.3 is 0 Å². The summed E-state index contributed by atoms with van der Waals surface area (Å²) in [6.45, 7) is 3.44. The van der Waals surface area contributed by atoms with Crippen molar-refractivity contribution < 1.29 is 17.6 Å². The summed E-state index contributed by atoms with van der Waals surface area (Å²) in [5, 5.41) is 7.02. The van der Waals surface area contributed by atoms with Crippen LogP contribution in [0.25, 0.3) is 22.3 Å². The van der Waals surface area contributed by atoms with E-state index >= 15 is 0 Å². The second-order valence-electron chi connectivity index (χ2n) is 5.44. The number of nitrogens with zero attached hydrogens (tertiary/aromatic N) is 2. The molecule has 0 saturated heterocycles. The zero-order chi connectivity index (χ0) is 17.4. The fraction of sp³-hybridized carbons (Fsp3) is 0.111. The van der Waals surface area contributed by atoms with Crippen LogP contribution in [0.3, 0.4) is 0 Å². The van der Waals surface area contributed by atoms with Gasteiger partial charge in [0.2, 0.25) is 5.95 Å². The molecular formula is C18H12F4N2. The number of hydrogen-bond acceptors (Lipinski definition) is 2. The smallest absolute Gasteiger partial charge is 0.207 e. The van der Waals surface area contributed by atoms with Gasteiger partial charge in [-0.05, 0) is 19.4 Å². The third-order valence-electron chi connectivity index (χ3n) is 3.70. The van der Waals surface area contributed by atoms with Crippen LogP contribution in [-0.4, -0.2) is 10.2 Å². The normalized spacial score (nSPS) is 10.9. The van der Waals surface area contributed by atoms with E-state index in [1.165, 1.54) is 0 Å². The number of halogens is 4. The van der Waals surface area contributed by atoms with E-state index in [4.69, 9.17) is 0 Å². The molecule has 2 aromatic carbocycles. The molecule has 6 heteroatoms. The van der Waals surface area contributed by atoms with Gasteiger partial charge < -0.3 is 0 Å². The Bertz CT molecular complexity index is 898. The molecular weight excluding hydrogens is 320 g/mol. The highest BCUT2D eigenvalue weighted by atomic mass is 19.1.